The van der Waals surface area contributed by atoms with Crippen LogP contribution in [0, 0.1) is 11.3 Å². The summed E-state index contributed by atoms with van der Waals surface area (Å²) in [7, 11) is 0. The van der Waals surface area contributed by atoms with Gasteiger partial charge in [-0.05, 0) is 18.2 Å². The molecule has 0 aliphatic rings. The van der Waals surface area contributed by atoms with Crippen molar-refractivity contribution in [1.29, 1.82) is 5.26 Å². The zero-order valence-electron chi connectivity index (χ0n) is 7.89. The number of nitrogens with zero attached hydrogens (tertiary/aromatic N) is 1. The average Bonchev–Trinajstić information content (AvgIpc) is 2.27. The van der Waals surface area contributed by atoms with E-state index < -0.39 is 12.2 Å². The lowest BCUT2D eigenvalue weighted by Crippen LogP contribution is -2.20. The molecular formula is C10H11ClN2O2. The third-order valence-corrected chi connectivity index (χ3v) is 2.37. The Bertz CT molecular complexity index is 389. The molecule has 0 amide bonds. The van der Waals surface area contributed by atoms with Crippen LogP contribution in [0.5, 0.6) is 0 Å². The van der Waals surface area contributed by atoms with Gasteiger partial charge in [0.25, 0.3) is 0 Å². The highest BCUT2D eigenvalue weighted by molar-refractivity contribution is 6.18. The second-order valence-corrected chi connectivity index (χ2v) is 3.43. The number of nitrogens with two attached hydrogens (primary N) is 1. The summed E-state index contributed by atoms with van der Waals surface area (Å²) in [6.45, 7) is 0. The quantitative estimate of drug-likeness (QED) is 0.525. The summed E-state index contributed by atoms with van der Waals surface area (Å²) in [6.07, 6.45) is -2.27. The van der Waals surface area contributed by atoms with E-state index in [2.05, 4.69) is 0 Å². The molecule has 4 N–H and O–H groups in total. The Kier molecular flexibility index (Phi) is 3.92. The fourth-order valence-electron chi connectivity index (χ4n) is 1.19. The molecule has 0 aromatic heterocycles. The van der Waals surface area contributed by atoms with Crippen LogP contribution in [-0.4, -0.2) is 22.2 Å². The normalized spacial score (nSPS) is 14.3. The van der Waals surface area contributed by atoms with Gasteiger partial charge in [-0.1, -0.05) is 0 Å². The number of nitrogen functional groups attached to an aromatic ring is 1. The van der Waals surface area contributed by atoms with Crippen molar-refractivity contribution < 1.29 is 10.2 Å². The molecule has 0 bridgehead atoms. The first-order chi connectivity index (χ1) is 7.10. The molecule has 4 nitrogen and oxygen atoms in total. The number of aliphatic hydroxyl groups excluding tert-OH is 2. The molecule has 0 spiro atoms. The van der Waals surface area contributed by atoms with E-state index in [1.807, 2.05) is 6.07 Å². The summed E-state index contributed by atoms with van der Waals surface area (Å²) < 4.78 is 0. The number of anilines is 1. The van der Waals surface area contributed by atoms with E-state index in [4.69, 9.17) is 22.6 Å². The molecule has 2 atom stereocenters. The van der Waals surface area contributed by atoms with Gasteiger partial charge in [0.05, 0.1) is 23.6 Å². The summed E-state index contributed by atoms with van der Waals surface area (Å²) in [5.74, 6) is -0.0998. The van der Waals surface area contributed by atoms with Gasteiger partial charge in [-0.2, -0.15) is 5.26 Å². The minimum Gasteiger partial charge on any atom is -0.398 e. The molecule has 0 fully saturated rings. The minimum atomic E-state index is -1.17. The fraction of sp³-hybridized carbons (Fsp3) is 0.300. The van der Waals surface area contributed by atoms with Gasteiger partial charge in [0, 0.05) is 11.3 Å². The first-order valence-corrected chi connectivity index (χ1v) is 4.85. The zero-order valence-corrected chi connectivity index (χ0v) is 8.65. The van der Waals surface area contributed by atoms with E-state index in [0.717, 1.165) is 0 Å². The number of nitriles is 1. The Morgan fingerprint density at radius 2 is 2.13 bits per heavy atom. The van der Waals surface area contributed by atoms with Gasteiger partial charge in [0.2, 0.25) is 0 Å². The van der Waals surface area contributed by atoms with E-state index in [0.29, 0.717) is 16.8 Å². The lowest BCUT2D eigenvalue weighted by molar-refractivity contribution is 0.0331. The smallest absolute Gasteiger partial charge is 0.108 e. The van der Waals surface area contributed by atoms with Crippen molar-refractivity contribution in [2.24, 2.45) is 0 Å². The first-order valence-electron chi connectivity index (χ1n) is 4.31. The highest BCUT2D eigenvalue weighted by Gasteiger charge is 2.19. The molecule has 1 aromatic carbocycles. The SMILES string of the molecule is N#Cc1ccc(N)c(C(O)C(O)CCl)c1. The number of rotatable bonds is 3. The van der Waals surface area contributed by atoms with Crippen LogP contribution < -0.4 is 5.73 Å². The molecule has 5 heteroatoms. The predicted molar refractivity (Wildman–Crippen MR) is 57.3 cm³/mol. The monoisotopic (exact) mass is 226 g/mol. The number of aliphatic hydroxyl groups is 2. The van der Waals surface area contributed by atoms with Gasteiger partial charge >= 0.3 is 0 Å². The highest BCUT2D eigenvalue weighted by atomic mass is 35.5. The second kappa shape index (κ2) is 4.99. The first kappa shape index (κ1) is 11.8. The van der Waals surface area contributed by atoms with Crippen LogP contribution in [0.15, 0.2) is 18.2 Å². The van der Waals surface area contributed by atoms with Gasteiger partial charge in [0.15, 0.2) is 0 Å². The summed E-state index contributed by atoms with van der Waals surface area (Å²) >= 11 is 5.41. The molecule has 0 saturated carbocycles. The number of alkyl halides is 1. The topological polar surface area (TPSA) is 90.3 Å². The van der Waals surface area contributed by atoms with Crippen LogP contribution >= 0.6 is 11.6 Å². The third kappa shape index (κ3) is 2.60. The van der Waals surface area contributed by atoms with Crippen LogP contribution in [0.3, 0.4) is 0 Å². The van der Waals surface area contributed by atoms with E-state index in [9.17, 15) is 10.2 Å². The second-order valence-electron chi connectivity index (χ2n) is 3.12. The van der Waals surface area contributed by atoms with Crippen molar-refractivity contribution in [2.45, 2.75) is 12.2 Å². The van der Waals surface area contributed by atoms with Crippen molar-refractivity contribution in [3.05, 3.63) is 29.3 Å². The maximum Gasteiger partial charge on any atom is 0.108 e. The van der Waals surface area contributed by atoms with Crippen LogP contribution in [0.4, 0.5) is 5.69 Å². The molecule has 2 unspecified atom stereocenters. The number of hydrogen-bond donors (Lipinski definition) is 3. The Morgan fingerprint density at radius 1 is 1.47 bits per heavy atom. The molecular weight excluding hydrogens is 216 g/mol. The molecule has 80 valence electrons. The highest BCUT2D eigenvalue weighted by Crippen LogP contribution is 2.24. The molecule has 1 rings (SSSR count). The van der Waals surface area contributed by atoms with E-state index in [1.165, 1.54) is 12.1 Å². The number of halogens is 1. The molecule has 0 heterocycles. The van der Waals surface area contributed by atoms with E-state index >= 15 is 0 Å². The Morgan fingerprint density at radius 3 is 2.67 bits per heavy atom. The van der Waals surface area contributed by atoms with Crippen molar-refractivity contribution in [2.75, 3.05) is 11.6 Å². The van der Waals surface area contributed by atoms with Gasteiger partial charge in [-0.3, -0.25) is 0 Å². The zero-order chi connectivity index (χ0) is 11.4. The number of hydrogen-bond acceptors (Lipinski definition) is 4. The van der Waals surface area contributed by atoms with Crippen LogP contribution in [0.1, 0.15) is 17.2 Å². The Labute approximate surface area is 92.5 Å². The lowest BCUT2D eigenvalue weighted by atomic mass is 10.0. The molecule has 15 heavy (non-hydrogen) atoms. The molecule has 0 radical (unpaired) electrons. The summed E-state index contributed by atoms with van der Waals surface area (Å²) in [6, 6.07) is 6.42. The van der Waals surface area contributed by atoms with Gasteiger partial charge in [0.1, 0.15) is 6.10 Å². The maximum atomic E-state index is 9.67. The van der Waals surface area contributed by atoms with Crippen LogP contribution in [0.2, 0.25) is 0 Å². The summed E-state index contributed by atoms with van der Waals surface area (Å²) in [4.78, 5) is 0. The third-order valence-electron chi connectivity index (χ3n) is 2.06. The van der Waals surface area contributed by atoms with Crippen LogP contribution in [0.25, 0.3) is 0 Å². The maximum absolute atomic E-state index is 9.67. The average molecular weight is 227 g/mol. The van der Waals surface area contributed by atoms with Crippen LogP contribution in [-0.2, 0) is 0 Å². The van der Waals surface area contributed by atoms with Gasteiger partial charge < -0.3 is 15.9 Å². The molecule has 0 saturated heterocycles. The van der Waals surface area contributed by atoms with Crippen molar-refractivity contribution in [3.63, 3.8) is 0 Å². The van der Waals surface area contributed by atoms with E-state index in [1.54, 1.807) is 6.07 Å². The van der Waals surface area contributed by atoms with E-state index in [-0.39, 0.29) is 5.88 Å². The standard InChI is InChI=1S/C10H11ClN2O2/c11-4-9(14)10(15)7-3-6(5-12)1-2-8(7)13/h1-3,9-10,14-15H,4,13H2. The predicted octanol–water partition coefficient (Wildman–Crippen LogP) is 0.774. The fourth-order valence-corrected chi connectivity index (χ4v) is 1.36. The van der Waals surface area contributed by atoms with Crippen molar-refractivity contribution in [1.82, 2.24) is 0 Å². The Hall–Kier alpha value is -1.28. The van der Waals surface area contributed by atoms with Crippen molar-refractivity contribution >= 4 is 17.3 Å². The molecule has 1 aromatic rings. The molecule has 0 aliphatic carbocycles. The largest absolute Gasteiger partial charge is 0.398 e. The summed E-state index contributed by atoms with van der Waals surface area (Å²) in [5, 5.41) is 27.7. The van der Waals surface area contributed by atoms with Gasteiger partial charge in [-0.25, -0.2) is 0 Å². The minimum absolute atomic E-state index is 0.0998. The lowest BCUT2D eigenvalue weighted by Gasteiger charge is -2.17. The summed E-state index contributed by atoms with van der Waals surface area (Å²) in [5.41, 5.74) is 6.64. The van der Waals surface area contributed by atoms with Crippen molar-refractivity contribution in [3.8, 4) is 6.07 Å². The molecule has 0 aliphatic heterocycles. The van der Waals surface area contributed by atoms with Gasteiger partial charge in [-0.15, -0.1) is 11.6 Å². The Balaban J connectivity index is 3.07. The number of benzene rings is 1.